The predicted octanol–water partition coefficient (Wildman–Crippen LogP) is 4.27. The fourth-order valence-corrected chi connectivity index (χ4v) is 3.93. The Morgan fingerprint density at radius 1 is 0.771 bits per heavy atom. The summed E-state index contributed by atoms with van der Waals surface area (Å²) < 4.78 is 28.8. The van der Waals surface area contributed by atoms with Gasteiger partial charge in [-0.15, -0.1) is 0 Å². The first-order valence-corrected chi connectivity index (χ1v) is 11.4. The molecule has 1 fully saturated rings. The van der Waals surface area contributed by atoms with Gasteiger partial charge in [0.1, 0.15) is 12.7 Å². The summed E-state index contributed by atoms with van der Waals surface area (Å²) in [7, 11) is 1.48. The first-order valence-electron chi connectivity index (χ1n) is 11.4. The Hall–Kier alpha value is -3.52. The van der Waals surface area contributed by atoms with Gasteiger partial charge in [-0.3, -0.25) is 0 Å². The highest BCUT2D eigenvalue weighted by Gasteiger charge is 2.48. The molecule has 1 aliphatic rings. The van der Waals surface area contributed by atoms with E-state index in [0.29, 0.717) is 17.7 Å². The van der Waals surface area contributed by atoms with E-state index < -0.39 is 36.4 Å². The molecule has 2 unspecified atom stereocenters. The SMILES string of the molecule is CO[C@@H]1O[C@H](COC(=O)c2ccccc2)C(COCc2ccccc2)C1OC(=O)c1ccccc1. The fraction of sp³-hybridized carbons (Fsp3) is 0.286. The van der Waals surface area contributed by atoms with Gasteiger partial charge < -0.3 is 23.7 Å². The second kappa shape index (κ2) is 12.3. The average Bonchev–Trinajstić information content (AvgIpc) is 3.24. The van der Waals surface area contributed by atoms with Gasteiger partial charge >= 0.3 is 11.9 Å². The van der Waals surface area contributed by atoms with Gasteiger partial charge in [-0.25, -0.2) is 9.59 Å². The third-order valence-corrected chi connectivity index (χ3v) is 5.77. The van der Waals surface area contributed by atoms with E-state index in [9.17, 15) is 9.59 Å². The van der Waals surface area contributed by atoms with Crippen LogP contribution in [0.5, 0.6) is 0 Å². The van der Waals surface area contributed by atoms with E-state index in [-0.39, 0.29) is 13.2 Å². The Labute approximate surface area is 204 Å². The average molecular weight is 477 g/mol. The highest BCUT2D eigenvalue weighted by molar-refractivity contribution is 5.89. The number of hydrogen-bond acceptors (Lipinski definition) is 7. The number of benzene rings is 3. The van der Waals surface area contributed by atoms with Gasteiger partial charge in [0.15, 0.2) is 12.4 Å². The lowest BCUT2D eigenvalue weighted by molar-refractivity contribution is -0.155. The number of esters is 2. The minimum atomic E-state index is -0.826. The Morgan fingerprint density at radius 2 is 1.34 bits per heavy atom. The molecule has 0 spiro atoms. The van der Waals surface area contributed by atoms with Crippen LogP contribution >= 0.6 is 0 Å². The van der Waals surface area contributed by atoms with E-state index in [1.807, 2.05) is 42.5 Å². The summed E-state index contributed by atoms with van der Waals surface area (Å²) in [6.07, 6.45) is -2.16. The fourth-order valence-electron chi connectivity index (χ4n) is 3.93. The maximum atomic E-state index is 12.8. The van der Waals surface area contributed by atoms with Crippen molar-refractivity contribution in [3.05, 3.63) is 108 Å². The van der Waals surface area contributed by atoms with E-state index in [2.05, 4.69) is 0 Å². The van der Waals surface area contributed by atoms with E-state index in [0.717, 1.165) is 5.56 Å². The molecule has 182 valence electrons. The number of hydrogen-bond donors (Lipinski definition) is 0. The largest absolute Gasteiger partial charge is 0.459 e. The molecule has 3 aromatic rings. The lowest BCUT2D eigenvalue weighted by Gasteiger charge is -2.24. The van der Waals surface area contributed by atoms with Gasteiger partial charge in [0.05, 0.1) is 30.3 Å². The van der Waals surface area contributed by atoms with Crippen LogP contribution in [0, 0.1) is 5.92 Å². The second-order valence-corrected chi connectivity index (χ2v) is 8.14. The van der Waals surface area contributed by atoms with Crippen LogP contribution in [0.4, 0.5) is 0 Å². The summed E-state index contributed by atoms with van der Waals surface area (Å²) in [5.41, 5.74) is 1.88. The molecule has 0 aliphatic carbocycles. The molecule has 0 amide bonds. The van der Waals surface area contributed by atoms with Crippen LogP contribution < -0.4 is 0 Å². The third-order valence-electron chi connectivity index (χ3n) is 5.77. The normalized spacial score (nSPS) is 21.4. The molecule has 0 aromatic heterocycles. The van der Waals surface area contributed by atoms with Crippen molar-refractivity contribution in [3.63, 3.8) is 0 Å². The second-order valence-electron chi connectivity index (χ2n) is 8.14. The van der Waals surface area contributed by atoms with Crippen molar-refractivity contribution in [1.82, 2.24) is 0 Å². The zero-order valence-electron chi connectivity index (χ0n) is 19.4. The van der Waals surface area contributed by atoms with E-state index in [1.165, 1.54) is 7.11 Å². The highest BCUT2D eigenvalue weighted by atomic mass is 16.7. The molecule has 0 radical (unpaired) electrons. The minimum absolute atomic E-state index is 0.0354. The molecular weight excluding hydrogens is 448 g/mol. The molecule has 1 heterocycles. The molecule has 1 aliphatic heterocycles. The van der Waals surface area contributed by atoms with Crippen LogP contribution in [0.1, 0.15) is 26.3 Å². The maximum absolute atomic E-state index is 12.8. The molecule has 1 saturated heterocycles. The van der Waals surface area contributed by atoms with Gasteiger partial charge in [-0.1, -0.05) is 66.7 Å². The van der Waals surface area contributed by atoms with Crippen molar-refractivity contribution in [1.29, 1.82) is 0 Å². The van der Waals surface area contributed by atoms with Crippen molar-refractivity contribution < 1.29 is 33.3 Å². The van der Waals surface area contributed by atoms with Crippen LogP contribution in [-0.4, -0.2) is 50.8 Å². The van der Waals surface area contributed by atoms with E-state index in [4.69, 9.17) is 23.7 Å². The first-order chi connectivity index (χ1) is 17.2. The molecule has 0 saturated carbocycles. The van der Waals surface area contributed by atoms with Crippen molar-refractivity contribution >= 4 is 11.9 Å². The molecule has 7 nitrogen and oxygen atoms in total. The van der Waals surface area contributed by atoms with Crippen molar-refractivity contribution in [2.45, 2.75) is 25.1 Å². The molecular formula is C28H28O7. The van der Waals surface area contributed by atoms with E-state index in [1.54, 1.807) is 48.5 Å². The number of carbonyl (C=O) groups excluding carboxylic acids is 2. The smallest absolute Gasteiger partial charge is 0.338 e. The molecule has 7 heteroatoms. The number of rotatable bonds is 10. The van der Waals surface area contributed by atoms with Gasteiger partial charge in [0.25, 0.3) is 0 Å². The summed E-state index contributed by atoms with van der Waals surface area (Å²) in [5, 5.41) is 0. The maximum Gasteiger partial charge on any atom is 0.338 e. The first kappa shape index (κ1) is 24.6. The predicted molar refractivity (Wildman–Crippen MR) is 128 cm³/mol. The number of ether oxygens (including phenoxy) is 5. The molecule has 35 heavy (non-hydrogen) atoms. The quantitative estimate of drug-likeness (QED) is 0.404. The van der Waals surface area contributed by atoms with Crippen LogP contribution in [0.15, 0.2) is 91.0 Å². The summed E-state index contributed by atoms with van der Waals surface area (Å²) >= 11 is 0. The summed E-state index contributed by atoms with van der Waals surface area (Å²) in [6, 6.07) is 27.2. The zero-order valence-corrected chi connectivity index (χ0v) is 19.4. The topological polar surface area (TPSA) is 80.3 Å². The Kier molecular flexibility index (Phi) is 8.62. The van der Waals surface area contributed by atoms with Gasteiger partial charge in [0.2, 0.25) is 0 Å². The van der Waals surface area contributed by atoms with Crippen LogP contribution in [0.25, 0.3) is 0 Å². The highest BCUT2D eigenvalue weighted by Crippen LogP contribution is 2.32. The van der Waals surface area contributed by atoms with Gasteiger partial charge in [-0.05, 0) is 29.8 Å². The van der Waals surface area contributed by atoms with Crippen molar-refractivity contribution in [2.24, 2.45) is 5.92 Å². The summed E-state index contributed by atoms with van der Waals surface area (Å²) in [4.78, 5) is 25.3. The van der Waals surface area contributed by atoms with E-state index >= 15 is 0 Å². The van der Waals surface area contributed by atoms with Crippen molar-refractivity contribution in [2.75, 3.05) is 20.3 Å². The monoisotopic (exact) mass is 476 g/mol. The Morgan fingerprint density at radius 3 is 1.94 bits per heavy atom. The standard InChI is InChI=1S/C28H28O7/c1-31-28-25(35-27(30)22-15-9-4-10-16-22)23(18-32-17-20-11-5-2-6-12-20)24(34-28)19-33-26(29)21-13-7-3-8-14-21/h2-16,23-25,28H,17-19H2,1H3/t23?,24-,25?,28-/m1/s1. The number of carbonyl (C=O) groups is 2. The van der Waals surface area contributed by atoms with Crippen LogP contribution in [-0.2, 0) is 30.3 Å². The molecule has 4 atom stereocenters. The minimum Gasteiger partial charge on any atom is -0.459 e. The molecule has 0 N–H and O–H groups in total. The number of methoxy groups -OCH3 is 1. The third kappa shape index (κ3) is 6.54. The zero-order chi connectivity index (χ0) is 24.5. The molecule has 0 bridgehead atoms. The molecule has 4 rings (SSSR count). The van der Waals surface area contributed by atoms with Gasteiger partial charge in [-0.2, -0.15) is 0 Å². The lowest BCUT2D eigenvalue weighted by Crippen LogP contribution is -2.37. The summed E-state index contributed by atoms with van der Waals surface area (Å²) in [5.74, 6) is -1.37. The van der Waals surface area contributed by atoms with Crippen LogP contribution in [0.3, 0.4) is 0 Å². The van der Waals surface area contributed by atoms with Crippen LogP contribution in [0.2, 0.25) is 0 Å². The van der Waals surface area contributed by atoms with Crippen molar-refractivity contribution in [3.8, 4) is 0 Å². The Bertz CT molecular complexity index is 1070. The summed E-state index contributed by atoms with van der Waals surface area (Å²) in [6.45, 7) is 0.562. The van der Waals surface area contributed by atoms with Gasteiger partial charge in [0, 0.05) is 7.11 Å². The molecule has 3 aromatic carbocycles. The lowest BCUT2D eigenvalue weighted by atomic mass is 9.99. The Balaban J connectivity index is 1.46.